The molecule has 0 saturated carbocycles. The van der Waals surface area contributed by atoms with Gasteiger partial charge in [-0.05, 0) is 74.8 Å². The number of aliphatic hydroxyl groups excluding tert-OH is 1. The Balaban J connectivity index is 3.52. The van der Waals surface area contributed by atoms with Gasteiger partial charge >= 0.3 is 0 Å². The van der Waals surface area contributed by atoms with Gasteiger partial charge in [-0.1, -0.05) is 39.0 Å². The van der Waals surface area contributed by atoms with Gasteiger partial charge in [-0.3, -0.25) is 0 Å². The molecule has 9 heteroatoms. The van der Waals surface area contributed by atoms with Crippen molar-refractivity contribution in [2.75, 3.05) is 154 Å². The van der Waals surface area contributed by atoms with Crippen LogP contribution in [0.3, 0.4) is 0 Å². The Kier molecular flexibility index (Phi) is 28.5. The Bertz CT molecular complexity index is 519. The van der Waals surface area contributed by atoms with Crippen LogP contribution in [0.2, 0.25) is 0 Å². The molecule has 0 radical (unpaired) electrons. The maximum atomic E-state index is 8.67. The summed E-state index contributed by atoms with van der Waals surface area (Å²) in [6.07, 6.45) is 9.54. The topological polar surface area (TPSA) is 58.1 Å². The summed E-state index contributed by atoms with van der Waals surface area (Å²) in [5.41, 5.74) is 0. The lowest BCUT2D eigenvalue weighted by Crippen LogP contribution is -2.36. The summed E-state index contributed by atoms with van der Waals surface area (Å²) in [5.74, 6) is 0. The number of hydrogen-bond donors (Lipinski definition) is 1. The highest BCUT2D eigenvalue weighted by molar-refractivity contribution is 4.62. The van der Waals surface area contributed by atoms with Gasteiger partial charge in [-0.2, -0.15) is 0 Å². The molecule has 0 aliphatic carbocycles. The Morgan fingerprint density at radius 2 is 0.700 bits per heavy atom. The number of unbranched alkanes of at least 4 members (excludes halogenated alkanes) is 6. The summed E-state index contributed by atoms with van der Waals surface area (Å²) in [5, 5.41) is 8.67. The van der Waals surface area contributed by atoms with E-state index in [0.717, 1.165) is 65.5 Å². The van der Waals surface area contributed by atoms with E-state index in [9.17, 15) is 0 Å². The second-order valence-corrected chi connectivity index (χ2v) is 11.8. The second kappa shape index (κ2) is 28.7. The zero-order valence-electron chi connectivity index (χ0n) is 27.9. The predicted molar refractivity (Wildman–Crippen MR) is 172 cm³/mol. The fraction of sp³-hybridized carbons (Fsp3) is 1.00. The first-order valence-corrected chi connectivity index (χ1v) is 16.2. The molecule has 0 heterocycles. The monoisotopic (exact) mass is 575 g/mol. The van der Waals surface area contributed by atoms with E-state index in [4.69, 9.17) is 14.6 Å². The van der Waals surface area contributed by atoms with E-state index >= 15 is 0 Å². The third-order valence-corrected chi connectivity index (χ3v) is 7.80. The molecule has 242 valence electrons. The maximum Gasteiger partial charge on any atom is 0.0701 e. The Hall–Kier alpha value is -0.360. The van der Waals surface area contributed by atoms with Crippen molar-refractivity contribution in [1.82, 2.24) is 29.4 Å². The average molecular weight is 575 g/mol. The van der Waals surface area contributed by atoms with Crippen molar-refractivity contribution >= 4 is 0 Å². The van der Waals surface area contributed by atoms with E-state index in [1.165, 1.54) is 64.6 Å². The van der Waals surface area contributed by atoms with Gasteiger partial charge in [0.05, 0.1) is 33.0 Å². The van der Waals surface area contributed by atoms with Gasteiger partial charge in [0.2, 0.25) is 0 Å². The van der Waals surface area contributed by atoms with Crippen LogP contribution < -0.4 is 0 Å². The maximum absolute atomic E-state index is 8.67. The highest BCUT2D eigenvalue weighted by atomic mass is 16.5. The van der Waals surface area contributed by atoms with Crippen molar-refractivity contribution in [1.29, 1.82) is 0 Å². The van der Waals surface area contributed by atoms with E-state index < -0.39 is 0 Å². The molecule has 0 atom stereocenters. The number of hydrogen-bond acceptors (Lipinski definition) is 9. The molecule has 1 N–H and O–H groups in total. The summed E-state index contributed by atoms with van der Waals surface area (Å²) in [4.78, 5) is 14.6. The second-order valence-electron chi connectivity index (χ2n) is 11.8. The molecule has 0 rings (SSSR count). The van der Waals surface area contributed by atoms with Gasteiger partial charge in [0, 0.05) is 58.9 Å². The van der Waals surface area contributed by atoms with E-state index in [1.807, 2.05) is 0 Å². The Morgan fingerprint density at radius 1 is 0.375 bits per heavy atom. The first kappa shape index (κ1) is 39.6. The van der Waals surface area contributed by atoms with Crippen molar-refractivity contribution in [3.05, 3.63) is 0 Å². The normalized spacial score (nSPS) is 12.4. The molecule has 0 aromatic rings. The molecular weight excluding hydrogens is 504 g/mol. The van der Waals surface area contributed by atoms with Crippen LogP contribution in [0, 0.1) is 0 Å². The van der Waals surface area contributed by atoms with Gasteiger partial charge < -0.3 is 44.0 Å². The third kappa shape index (κ3) is 27.8. The molecule has 0 unspecified atom stereocenters. The minimum absolute atomic E-state index is 0.0712. The summed E-state index contributed by atoms with van der Waals surface area (Å²) in [6.45, 7) is 18.1. The number of ether oxygens (including phenoxy) is 2. The molecule has 0 aromatic heterocycles. The summed E-state index contributed by atoms with van der Waals surface area (Å²) < 4.78 is 10.8. The van der Waals surface area contributed by atoms with Crippen LogP contribution in [-0.2, 0) is 9.47 Å². The van der Waals surface area contributed by atoms with Gasteiger partial charge in [0.25, 0.3) is 0 Å². The molecule has 0 aromatic carbocycles. The molecule has 0 amide bonds. The summed E-state index contributed by atoms with van der Waals surface area (Å²) in [7, 11) is 13.4. The van der Waals surface area contributed by atoms with Crippen molar-refractivity contribution in [3.63, 3.8) is 0 Å². The molecule has 0 spiro atoms. The van der Waals surface area contributed by atoms with Crippen LogP contribution in [0.4, 0.5) is 0 Å². The van der Waals surface area contributed by atoms with Crippen LogP contribution in [-0.4, -0.2) is 188 Å². The number of aliphatic hydroxyl groups is 1. The SMILES string of the molecule is CCN(C)CCN(C)CCN(C)CCCCCCCCCN(C)CCN(C)CCN(C)CCOCCOCCO. The Morgan fingerprint density at radius 3 is 1.10 bits per heavy atom. The lowest BCUT2D eigenvalue weighted by Gasteiger charge is -2.24. The molecule has 0 saturated heterocycles. The average Bonchev–Trinajstić information content (AvgIpc) is 2.95. The van der Waals surface area contributed by atoms with Crippen molar-refractivity contribution in [2.24, 2.45) is 0 Å². The van der Waals surface area contributed by atoms with E-state index in [2.05, 4.69) is 78.6 Å². The van der Waals surface area contributed by atoms with Gasteiger partial charge in [-0.25, -0.2) is 0 Å². The van der Waals surface area contributed by atoms with Crippen LogP contribution >= 0.6 is 0 Å². The molecule has 0 bridgehead atoms. The molecule has 0 aliphatic heterocycles. The lowest BCUT2D eigenvalue weighted by atomic mass is 10.1. The summed E-state index contributed by atoms with van der Waals surface area (Å²) in [6, 6.07) is 0. The Labute approximate surface area is 249 Å². The smallest absolute Gasteiger partial charge is 0.0701 e. The molecule has 0 fully saturated rings. The third-order valence-electron chi connectivity index (χ3n) is 7.80. The highest BCUT2D eigenvalue weighted by Gasteiger charge is 2.06. The standard InChI is InChI=1S/C31H70N6O3/c1-8-32(2)18-19-35(5)22-20-33(3)16-14-12-10-9-11-13-15-17-34(4)21-23-36(6)24-25-37(7)26-28-39-30-31-40-29-27-38/h38H,8-31H2,1-7H3. The predicted octanol–water partition coefficient (Wildman–Crippen LogP) is 2.35. The highest BCUT2D eigenvalue weighted by Crippen LogP contribution is 2.08. The molecule has 40 heavy (non-hydrogen) atoms. The molecule has 0 aliphatic rings. The van der Waals surface area contributed by atoms with Crippen LogP contribution in [0.25, 0.3) is 0 Å². The first-order valence-electron chi connectivity index (χ1n) is 16.2. The van der Waals surface area contributed by atoms with Gasteiger partial charge in [-0.15, -0.1) is 0 Å². The largest absolute Gasteiger partial charge is 0.394 e. The fourth-order valence-electron chi connectivity index (χ4n) is 4.34. The zero-order valence-corrected chi connectivity index (χ0v) is 27.9. The minimum atomic E-state index is 0.0712. The van der Waals surface area contributed by atoms with E-state index in [1.54, 1.807) is 0 Å². The summed E-state index contributed by atoms with van der Waals surface area (Å²) >= 11 is 0. The minimum Gasteiger partial charge on any atom is -0.394 e. The molecule has 9 nitrogen and oxygen atoms in total. The molecular formula is C31H70N6O3. The van der Waals surface area contributed by atoms with E-state index in [0.29, 0.717) is 19.8 Å². The van der Waals surface area contributed by atoms with Crippen LogP contribution in [0.5, 0.6) is 0 Å². The number of nitrogens with zero attached hydrogens (tertiary/aromatic N) is 6. The zero-order chi connectivity index (χ0) is 29.8. The van der Waals surface area contributed by atoms with Crippen molar-refractivity contribution < 1.29 is 14.6 Å². The van der Waals surface area contributed by atoms with Crippen LogP contribution in [0.1, 0.15) is 51.9 Å². The van der Waals surface area contributed by atoms with Gasteiger partial charge in [0.15, 0.2) is 0 Å². The fourth-order valence-corrected chi connectivity index (χ4v) is 4.34. The quantitative estimate of drug-likeness (QED) is 0.126. The van der Waals surface area contributed by atoms with E-state index in [-0.39, 0.29) is 6.61 Å². The first-order chi connectivity index (χ1) is 19.3. The van der Waals surface area contributed by atoms with Crippen LogP contribution in [0.15, 0.2) is 0 Å². The van der Waals surface area contributed by atoms with Crippen molar-refractivity contribution in [3.8, 4) is 0 Å². The number of rotatable bonds is 31. The van der Waals surface area contributed by atoms with Crippen molar-refractivity contribution in [2.45, 2.75) is 51.9 Å². The number of likely N-dealkylation sites (N-methyl/N-ethyl adjacent to an activating group) is 6. The van der Waals surface area contributed by atoms with Gasteiger partial charge in [0.1, 0.15) is 0 Å². The lowest BCUT2D eigenvalue weighted by molar-refractivity contribution is 0.0278.